The van der Waals surface area contributed by atoms with Crippen LogP contribution in [0.4, 0.5) is 0 Å². The molecule has 0 aliphatic carbocycles. The second-order valence-electron chi connectivity index (χ2n) is 2.28. The van der Waals surface area contributed by atoms with Crippen molar-refractivity contribution in [2.75, 3.05) is 0 Å². The maximum Gasteiger partial charge on any atom is 0.0270 e. The van der Waals surface area contributed by atoms with E-state index in [1.54, 1.807) is 0 Å². The van der Waals surface area contributed by atoms with Crippen LogP contribution in [0.25, 0.3) is 0 Å². The average molecular weight is 197 g/mol. The van der Waals surface area contributed by atoms with E-state index in [0.29, 0.717) is 0 Å². The first-order valence-corrected chi connectivity index (χ1v) is 5.38. The van der Waals surface area contributed by atoms with E-state index in [0.717, 1.165) is 12.1 Å². The van der Waals surface area contributed by atoms with Crippen LogP contribution >= 0.6 is 0 Å². The molecule has 0 saturated heterocycles. The van der Waals surface area contributed by atoms with Gasteiger partial charge in [-0.15, -0.1) is 0 Å². The lowest BCUT2D eigenvalue weighted by molar-refractivity contribution is 1.18. The van der Waals surface area contributed by atoms with Gasteiger partial charge in [0.15, 0.2) is 0 Å². The fourth-order valence-electron chi connectivity index (χ4n) is 0.496. The summed E-state index contributed by atoms with van der Waals surface area (Å²) >= 11 is 0. The number of allylic oxidation sites excluding steroid dienone is 5. The predicted molar refractivity (Wildman–Crippen MR) is 69.2 cm³/mol. The zero-order chi connectivity index (χ0) is 11.8. The van der Waals surface area contributed by atoms with Gasteiger partial charge in [-0.2, -0.15) is 0 Å². The van der Waals surface area contributed by atoms with Crippen molar-refractivity contribution in [3.8, 4) is 0 Å². The van der Waals surface area contributed by atoms with Crippen LogP contribution in [0.3, 0.4) is 0 Å². The average Bonchev–Trinajstić information content (AvgIpc) is 2.22. The summed E-state index contributed by atoms with van der Waals surface area (Å²) in [5.41, 5.74) is 6.33. The van der Waals surface area contributed by atoms with Gasteiger partial charge in [-0.05, 0) is 33.3 Å². The normalized spacial score (nSPS) is 10.6. The highest BCUT2D eigenvalue weighted by atomic mass is 14.5. The Morgan fingerprint density at radius 3 is 1.64 bits per heavy atom. The van der Waals surface area contributed by atoms with E-state index >= 15 is 0 Å². The van der Waals surface area contributed by atoms with Crippen LogP contribution in [0.2, 0.25) is 0 Å². The molecule has 0 spiro atoms. The maximum atomic E-state index is 5.47. The second kappa shape index (κ2) is 22.7. The van der Waals surface area contributed by atoms with Gasteiger partial charge in [0.05, 0.1) is 0 Å². The quantitative estimate of drug-likeness (QED) is 0.514. The molecule has 0 atom stereocenters. The van der Waals surface area contributed by atoms with Crippen molar-refractivity contribution in [3.63, 3.8) is 0 Å². The summed E-state index contributed by atoms with van der Waals surface area (Å²) in [6, 6.07) is 0. The molecule has 0 aromatic rings. The van der Waals surface area contributed by atoms with Crippen LogP contribution in [-0.4, -0.2) is 0 Å². The van der Waals surface area contributed by atoms with Crippen LogP contribution in [0.5, 0.6) is 0 Å². The highest BCUT2D eigenvalue weighted by Crippen LogP contribution is 1.88. The van der Waals surface area contributed by atoms with Gasteiger partial charge >= 0.3 is 0 Å². The third kappa shape index (κ3) is 30.5. The Morgan fingerprint density at radius 1 is 1.00 bits per heavy atom. The minimum Gasteiger partial charge on any atom is -0.399 e. The summed E-state index contributed by atoms with van der Waals surface area (Å²) in [5.74, 6) is 0. The first-order chi connectivity index (χ1) is 6.72. The number of rotatable bonds is 2. The fraction of sp³-hybridized carbons (Fsp3) is 0.538. The molecule has 0 heterocycles. The first-order valence-electron chi connectivity index (χ1n) is 5.38. The molecule has 14 heavy (non-hydrogen) atoms. The first kappa shape index (κ1) is 18.7. The van der Waals surface area contributed by atoms with Gasteiger partial charge in [0.2, 0.25) is 0 Å². The second-order valence-corrected chi connectivity index (χ2v) is 2.28. The van der Waals surface area contributed by atoms with Crippen molar-refractivity contribution < 1.29 is 0 Å². The minimum absolute atomic E-state index is 0.856. The summed E-state index contributed by atoms with van der Waals surface area (Å²) < 4.78 is 0. The Hall–Kier alpha value is -0.980. The molecule has 0 bridgehead atoms. The van der Waals surface area contributed by atoms with Gasteiger partial charge in [0, 0.05) is 5.70 Å². The molecule has 0 unspecified atom stereocenters. The Kier molecular flexibility index (Phi) is 30.4. The standard InChI is InChI=1S/C7H13N.C4H8.C2H6/c1-3-5-7(8)6-4-2;1-3-4-2;1-2/h3,5-6H,4,8H2,1-2H3;3-4H,1-2H3;1-2H3/b5-3-,7-6+;4-3-;. The number of hydrogen-bond donors (Lipinski definition) is 1. The lowest BCUT2D eigenvalue weighted by atomic mass is 10.3. The van der Waals surface area contributed by atoms with E-state index < -0.39 is 0 Å². The Bertz CT molecular complexity index is 149. The van der Waals surface area contributed by atoms with Gasteiger partial charge in [-0.25, -0.2) is 0 Å². The van der Waals surface area contributed by atoms with E-state index in [1.165, 1.54) is 0 Å². The van der Waals surface area contributed by atoms with Crippen molar-refractivity contribution in [1.82, 2.24) is 0 Å². The van der Waals surface area contributed by atoms with Crippen LogP contribution in [-0.2, 0) is 0 Å². The predicted octanol–water partition coefficient (Wildman–Crippen LogP) is 4.42. The molecule has 0 aromatic heterocycles. The number of hydrogen-bond acceptors (Lipinski definition) is 1. The molecule has 0 rings (SSSR count). The summed E-state index contributed by atoms with van der Waals surface area (Å²) in [7, 11) is 0. The number of nitrogens with two attached hydrogens (primary N) is 1. The molecule has 0 fully saturated rings. The molecule has 0 aliphatic heterocycles. The smallest absolute Gasteiger partial charge is 0.0270 e. The molecule has 0 aromatic carbocycles. The van der Waals surface area contributed by atoms with E-state index in [4.69, 9.17) is 5.73 Å². The van der Waals surface area contributed by atoms with E-state index in [2.05, 4.69) is 6.92 Å². The van der Waals surface area contributed by atoms with Crippen LogP contribution in [0, 0.1) is 0 Å². The molecular weight excluding hydrogens is 170 g/mol. The van der Waals surface area contributed by atoms with Gasteiger partial charge in [-0.1, -0.05) is 45.1 Å². The highest BCUT2D eigenvalue weighted by Gasteiger charge is 1.74. The van der Waals surface area contributed by atoms with Crippen LogP contribution < -0.4 is 5.73 Å². The van der Waals surface area contributed by atoms with Gasteiger partial charge < -0.3 is 5.73 Å². The minimum atomic E-state index is 0.856. The SMILES string of the molecule is C/C=C\C.C/C=C\C(N)=C/CC.CC. The fourth-order valence-corrected chi connectivity index (χ4v) is 0.496. The van der Waals surface area contributed by atoms with E-state index in [-0.39, 0.29) is 0 Å². The van der Waals surface area contributed by atoms with Gasteiger partial charge in [0.25, 0.3) is 0 Å². The van der Waals surface area contributed by atoms with Crippen LogP contribution in [0.1, 0.15) is 48.0 Å². The molecule has 0 radical (unpaired) electrons. The van der Waals surface area contributed by atoms with Crippen molar-refractivity contribution in [1.29, 1.82) is 0 Å². The van der Waals surface area contributed by atoms with Crippen molar-refractivity contribution >= 4 is 0 Å². The largest absolute Gasteiger partial charge is 0.399 e. The van der Waals surface area contributed by atoms with Gasteiger partial charge in [0.1, 0.15) is 0 Å². The molecule has 0 aliphatic rings. The van der Waals surface area contributed by atoms with Crippen molar-refractivity contribution in [2.24, 2.45) is 5.73 Å². The molecule has 0 saturated carbocycles. The summed E-state index contributed by atoms with van der Waals surface area (Å²) in [6.07, 6.45) is 10.8. The Balaban J connectivity index is -0.000000170. The zero-order valence-corrected chi connectivity index (χ0v) is 10.7. The lowest BCUT2D eigenvalue weighted by Crippen LogP contribution is -1.90. The highest BCUT2D eigenvalue weighted by molar-refractivity contribution is 5.13. The zero-order valence-electron chi connectivity index (χ0n) is 10.7. The summed E-state index contributed by atoms with van der Waals surface area (Å²) in [5, 5.41) is 0. The van der Waals surface area contributed by atoms with E-state index in [1.807, 2.05) is 65.0 Å². The molecule has 0 amide bonds. The van der Waals surface area contributed by atoms with Gasteiger partial charge in [-0.3, -0.25) is 0 Å². The molecule has 84 valence electrons. The molecule has 1 nitrogen and oxygen atoms in total. The molecular formula is C13H27N. The summed E-state index contributed by atoms with van der Waals surface area (Å²) in [6.45, 7) is 12.0. The molecule has 1 heteroatoms. The Morgan fingerprint density at radius 2 is 1.43 bits per heavy atom. The molecule has 2 N–H and O–H groups in total. The summed E-state index contributed by atoms with van der Waals surface area (Å²) in [4.78, 5) is 0. The Labute approximate surface area is 90.4 Å². The topological polar surface area (TPSA) is 26.0 Å². The maximum absolute atomic E-state index is 5.47. The third-order valence-corrected chi connectivity index (χ3v) is 1.13. The monoisotopic (exact) mass is 197 g/mol. The van der Waals surface area contributed by atoms with E-state index in [9.17, 15) is 0 Å². The van der Waals surface area contributed by atoms with Crippen LogP contribution in [0.15, 0.2) is 36.1 Å². The lowest BCUT2D eigenvalue weighted by Gasteiger charge is -1.86. The van der Waals surface area contributed by atoms with Crippen molar-refractivity contribution in [2.45, 2.75) is 48.0 Å². The third-order valence-electron chi connectivity index (χ3n) is 1.13. The van der Waals surface area contributed by atoms with Crippen molar-refractivity contribution in [3.05, 3.63) is 36.1 Å².